The SMILES string of the molecule is C=CCO[C@@H]1O[C@@H](C)[C@H](OCc2ccccc2)[C@@H](OCc2ccccc2)[C@H]1O[C@@H]1O[C@@H](C)[C@H](OCc2ccccc2)[C@@H](O[C@H]2O[C@H](COCc3ccccc3)[C@@H](OCc3ccccc3)[C@H](OCc3ccccc3)[C@H]2OCc2ccccc2)[C@H]1O[C@@H]1O[C@@H]2COC(C)(C)O[C@H]2[C@H](O)[C@H]1N. The zero-order chi connectivity index (χ0) is 67.6. The van der Waals surface area contributed by atoms with Gasteiger partial charge >= 0.3 is 0 Å². The molecular weight excluding hydrogens is 1250 g/mol. The number of hydrogen-bond donors (Lipinski definition) is 2. The molecular formula is C79H93NO18. The number of ether oxygens (including phenoxy) is 17. The van der Waals surface area contributed by atoms with Crippen molar-refractivity contribution in [2.75, 3.05) is 19.8 Å². The van der Waals surface area contributed by atoms with Crippen LogP contribution >= 0.6 is 0 Å². The Kier molecular flexibility index (Phi) is 25.6. The molecule has 0 saturated carbocycles. The van der Waals surface area contributed by atoms with Crippen LogP contribution in [0.5, 0.6) is 0 Å². The lowest BCUT2D eigenvalue weighted by Gasteiger charge is -2.53. The van der Waals surface area contributed by atoms with Crippen molar-refractivity contribution >= 4 is 0 Å². The van der Waals surface area contributed by atoms with Gasteiger partial charge in [-0.1, -0.05) is 218 Å². The molecule has 5 heterocycles. The van der Waals surface area contributed by atoms with E-state index in [-0.39, 0.29) is 66.1 Å². The predicted octanol–water partition coefficient (Wildman–Crippen LogP) is 10.9. The number of rotatable bonds is 31. The lowest BCUT2D eigenvalue weighted by Crippen LogP contribution is -2.70. The molecule has 522 valence electrons. The van der Waals surface area contributed by atoms with Crippen LogP contribution in [0.1, 0.15) is 66.6 Å². The number of fused-ring (bicyclic) bond motifs is 1. The number of benzene rings is 7. The molecule has 0 spiro atoms. The molecule has 5 aliphatic rings. The van der Waals surface area contributed by atoms with E-state index in [0.717, 1.165) is 38.9 Å². The third kappa shape index (κ3) is 18.9. The van der Waals surface area contributed by atoms with Crippen LogP contribution < -0.4 is 5.73 Å². The van der Waals surface area contributed by atoms with Crippen molar-refractivity contribution < 1.29 is 85.6 Å². The number of hydrogen-bond acceptors (Lipinski definition) is 19. The summed E-state index contributed by atoms with van der Waals surface area (Å²) >= 11 is 0. The maximum Gasteiger partial charge on any atom is 0.187 e. The van der Waals surface area contributed by atoms with Crippen molar-refractivity contribution in [1.29, 1.82) is 0 Å². The zero-order valence-electron chi connectivity index (χ0n) is 56.1. The van der Waals surface area contributed by atoms with Gasteiger partial charge in [0.15, 0.2) is 30.9 Å². The van der Waals surface area contributed by atoms with Crippen molar-refractivity contribution in [3.63, 3.8) is 0 Å². The monoisotopic (exact) mass is 1340 g/mol. The summed E-state index contributed by atoms with van der Waals surface area (Å²) < 4.78 is 120. The maximum atomic E-state index is 12.3. The number of aliphatic hydroxyl groups excluding tert-OH is 1. The van der Waals surface area contributed by atoms with Gasteiger partial charge in [-0.25, -0.2) is 0 Å². The highest BCUT2D eigenvalue weighted by atomic mass is 16.8. The van der Waals surface area contributed by atoms with E-state index < -0.39 is 129 Å². The van der Waals surface area contributed by atoms with Gasteiger partial charge in [-0.3, -0.25) is 0 Å². The van der Waals surface area contributed by atoms with Gasteiger partial charge in [0.25, 0.3) is 0 Å². The fraction of sp³-hybridized carbons (Fsp3) is 0.443. The van der Waals surface area contributed by atoms with Gasteiger partial charge < -0.3 is 91.4 Å². The molecule has 5 saturated heterocycles. The number of nitrogens with two attached hydrogens (primary N) is 1. The summed E-state index contributed by atoms with van der Waals surface area (Å²) in [5, 5.41) is 12.3. The van der Waals surface area contributed by atoms with E-state index in [1.54, 1.807) is 19.9 Å². The lowest BCUT2D eigenvalue weighted by molar-refractivity contribution is -0.416. The van der Waals surface area contributed by atoms with E-state index in [1.807, 2.05) is 226 Å². The molecule has 0 amide bonds. The van der Waals surface area contributed by atoms with Crippen molar-refractivity contribution in [3.8, 4) is 0 Å². The summed E-state index contributed by atoms with van der Waals surface area (Å²) in [5.41, 5.74) is 13.6. The Bertz CT molecular complexity index is 3420. The molecule has 7 aromatic rings. The van der Waals surface area contributed by atoms with Crippen LogP contribution in [0.2, 0.25) is 0 Å². The highest BCUT2D eigenvalue weighted by molar-refractivity contribution is 5.19. The van der Waals surface area contributed by atoms with Crippen LogP contribution in [-0.4, -0.2) is 153 Å². The summed E-state index contributed by atoms with van der Waals surface area (Å²) in [6.07, 6.45) is -18.1. The quantitative estimate of drug-likeness (QED) is 0.0388. The first-order valence-corrected chi connectivity index (χ1v) is 34.0. The fourth-order valence-corrected chi connectivity index (χ4v) is 13.1. The van der Waals surface area contributed by atoms with E-state index in [4.69, 9.17) is 86.3 Å². The molecule has 3 N–H and O–H groups in total. The Morgan fingerprint density at radius 3 is 1.23 bits per heavy atom. The van der Waals surface area contributed by atoms with E-state index in [9.17, 15) is 5.11 Å². The minimum Gasteiger partial charge on any atom is -0.388 e. The molecule has 0 aliphatic carbocycles. The van der Waals surface area contributed by atoms with Crippen LogP contribution in [-0.2, 0) is 127 Å². The maximum absolute atomic E-state index is 12.3. The van der Waals surface area contributed by atoms with E-state index in [1.165, 1.54) is 0 Å². The minimum absolute atomic E-state index is 0.0326. The molecule has 0 aromatic heterocycles. The highest BCUT2D eigenvalue weighted by Crippen LogP contribution is 2.41. The Balaban J connectivity index is 0.982. The zero-order valence-corrected chi connectivity index (χ0v) is 56.1. The first-order valence-electron chi connectivity index (χ1n) is 34.0. The Morgan fingerprint density at radius 1 is 0.418 bits per heavy atom. The summed E-state index contributed by atoms with van der Waals surface area (Å²) in [7, 11) is 0. The molecule has 12 rings (SSSR count). The third-order valence-electron chi connectivity index (χ3n) is 18.1. The van der Waals surface area contributed by atoms with Crippen LogP contribution in [0.25, 0.3) is 0 Å². The minimum atomic E-state index is -1.44. The van der Waals surface area contributed by atoms with Crippen molar-refractivity contribution in [2.45, 2.75) is 202 Å². The Labute approximate surface area is 575 Å². The van der Waals surface area contributed by atoms with Crippen molar-refractivity contribution in [2.24, 2.45) is 5.73 Å². The molecule has 0 bridgehead atoms. The molecule has 5 fully saturated rings. The first-order chi connectivity index (χ1) is 47.9. The molecule has 98 heavy (non-hydrogen) atoms. The molecule has 7 aromatic carbocycles. The summed E-state index contributed by atoms with van der Waals surface area (Å²) in [6, 6.07) is 68.0. The largest absolute Gasteiger partial charge is 0.388 e. The fourth-order valence-electron chi connectivity index (χ4n) is 13.1. The molecule has 5 aliphatic heterocycles. The van der Waals surface area contributed by atoms with Gasteiger partial charge in [0.1, 0.15) is 79.4 Å². The van der Waals surface area contributed by atoms with Crippen LogP contribution in [0.15, 0.2) is 225 Å². The lowest BCUT2D eigenvalue weighted by atomic mass is 9.94. The van der Waals surface area contributed by atoms with Gasteiger partial charge in [0.05, 0.1) is 84.3 Å². The normalized spacial score (nSPS) is 31.6. The molecule has 0 unspecified atom stereocenters. The van der Waals surface area contributed by atoms with Gasteiger partial charge in [-0.2, -0.15) is 0 Å². The van der Waals surface area contributed by atoms with Crippen LogP contribution in [0.4, 0.5) is 0 Å². The average molecular weight is 1340 g/mol. The Hall–Kier alpha value is -6.48. The third-order valence-corrected chi connectivity index (χ3v) is 18.1. The molecule has 0 radical (unpaired) electrons. The summed E-state index contributed by atoms with van der Waals surface area (Å²) in [5.74, 6) is -1.04. The first kappa shape index (κ1) is 71.3. The van der Waals surface area contributed by atoms with E-state index >= 15 is 0 Å². The van der Waals surface area contributed by atoms with Gasteiger partial charge in [-0.15, -0.1) is 6.58 Å². The van der Waals surface area contributed by atoms with E-state index in [0.29, 0.717) is 0 Å². The predicted molar refractivity (Wildman–Crippen MR) is 362 cm³/mol. The highest BCUT2D eigenvalue weighted by Gasteiger charge is 2.59. The Morgan fingerprint density at radius 2 is 0.776 bits per heavy atom. The topological polar surface area (TPSA) is 203 Å². The second kappa shape index (κ2) is 35.2. The summed E-state index contributed by atoms with van der Waals surface area (Å²) in [4.78, 5) is 0. The van der Waals surface area contributed by atoms with Crippen molar-refractivity contribution in [1.82, 2.24) is 0 Å². The van der Waals surface area contributed by atoms with Crippen molar-refractivity contribution in [3.05, 3.63) is 264 Å². The van der Waals surface area contributed by atoms with Crippen LogP contribution in [0, 0.1) is 0 Å². The smallest absolute Gasteiger partial charge is 0.187 e. The molecule has 20 atom stereocenters. The van der Waals surface area contributed by atoms with Gasteiger partial charge in [-0.05, 0) is 66.6 Å². The second-order valence-electron chi connectivity index (χ2n) is 25.9. The molecule has 19 nitrogen and oxygen atoms in total. The van der Waals surface area contributed by atoms with E-state index in [2.05, 4.69) is 6.58 Å². The van der Waals surface area contributed by atoms with Gasteiger partial charge in [0, 0.05) is 0 Å². The average Bonchev–Trinajstić information content (AvgIpc) is 0.765. The standard InChI is InChI=1S/C79H93NO18/c1-6-42-83-76-73(69(87-47-58-36-22-11-23-37-58)65(52(2)91-76)84-44-55-30-16-8-17-31-55)97-78-74(96-75-63(80)64(81)67-62(93-75)51-90-79(4,5)98-67)71(66(53(3)92-78)85-45-56-32-18-9-19-33-56)95-77-72(89-49-60-40-26-13-27-41-60)70(88-48-59-38-24-12-25-39-59)68(86-46-57-34-20-10-21-35-57)61(94-77)50-82-43-54-28-14-7-15-29-54/h6-41,52-53,61-78,81H,1,42-51,80H2,2-5H3/t52-,53-,61+,62+,63+,64+,65-,66-,67+,68+,69+,70-,71+,72+,73+,74+,75-,76+,77+,78-/m0/s1. The molecule has 19 heteroatoms. The summed E-state index contributed by atoms with van der Waals surface area (Å²) in [6.45, 7) is 12.8. The number of aliphatic hydroxyl groups is 1. The van der Waals surface area contributed by atoms with Crippen LogP contribution in [0.3, 0.4) is 0 Å². The van der Waals surface area contributed by atoms with Gasteiger partial charge in [0.2, 0.25) is 0 Å². The second-order valence-corrected chi connectivity index (χ2v) is 25.9.